The smallest absolute Gasteiger partial charge is 0.339 e. The van der Waals surface area contributed by atoms with Crippen molar-refractivity contribution in [1.29, 1.82) is 0 Å². The molecule has 0 aliphatic carbocycles. The minimum Gasteiger partial charge on any atom is -0.462 e. The van der Waals surface area contributed by atoms with Crippen molar-refractivity contribution in [3.63, 3.8) is 0 Å². The molecule has 19 heavy (non-hydrogen) atoms. The van der Waals surface area contributed by atoms with E-state index in [1.54, 1.807) is 12.3 Å². The van der Waals surface area contributed by atoms with Crippen molar-refractivity contribution in [2.75, 3.05) is 6.61 Å². The van der Waals surface area contributed by atoms with Crippen LogP contribution < -0.4 is 5.56 Å². The number of hydrogen-bond acceptors (Lipinski definition) is 5. The number of carbonyl (C=O) groups is 1. The average Bonchev–Trinajstić information content (AvgIpc) is 2.77. The Morgan fingerprint density at radius 3 is 2.95 bits per heavy atom. The van der Waals surface area contributed by atoms with E-state index >= 15 is 0 Å². The quantitative estimate of drug-likeness (QED) is 0.635. The molecule has 5 nitrogen and oxygen atoms in total. The van der Waals surface area contributed by atoms with E-state index in [0.717, 1.165) is 5.57 Å². The predicted octanol–water partition coefficient (Wildman–Crippen LogP) is 2.21. The summed E-state index contributed by atoms with van der Waals surface area (Å²) in [4.78, 5) is 28.9. The lowest BCUT2D eigenvalue weighted by Gasteiger charge is -2.05. The Balaban J connectivity index is 2.59. The number of rotatable bonds is 4. The molecule has 0 saturated heterocycles. The molecule has 0 atom stereocenters. The van der Waals surface area contributed by atoms with Gasteiger partial charge in [0.1, 0.15) is 4.83 Å². The van der Waals surface area contributed by atoms with Crippen LogP contribution in [0.2, 0.25) is 0 Å². The molecule has 0 bridgehead atoms. The molecular weight excluding hydrogens is 264 g/mol. The minimum atomic E-state index is -0.485. The highest BCUT2D eigenvalue weighted by Gasteiger charge is 2.18. The fourth-order valence-corrected chi connectivity index (χ4v) is 2.60. The molecule has 100 valence electrons. The summed E-state index contributed by atoms with van der Waals surface area (Å²) in [6.07, 6.45) is 1.48. The number of fused-ring (bicyclic) bond motifs is 1. The third kappa shape index (κ3) is 2.58. The molecule has 0 aliphatic heterocycles. The summed E-state index contributed by atoms with van der Waals surface area (Å²) in [5.41, 5.74) is 0.892. The fourth-order valence-electron chi connectivity index (χ4n) is 1.73. The number of esters is 1. The van der Waals surface area contributed by atoms with Crippen LogP contribution in [-0.4, -0.2) is 22.1 Å². The summed E-state index contributed by atoms with van der Waals surface area (Å²) in [5.74, 6) is -0.485. The van der Waals surface area contributed by atoms with Crippen LogP contribution in [-0.2, 0) is 11.3 Å². The van der Waals surface area contributed by atoms with Crippen molar-refractivity contribution >= 4 is 27.5 Å². The first kappa shape index (κ1) is 13.5. The molecular formula is C13H14N2O3S. The summed E-state index contributed by atoms with van der Waals surface area (Å²) in [6, 6.07) is 0. The Morgan fingerprint density at radius 2 is 2.32 bits per heavy atom. The number of nitrogens with zero attached hydrogens (tertiary/aromatic N) is 2. The molecule has 0 amide bonds. The van der Waals surface area contributed by atoms with E-state index in [4.69, 9.17) is 4.74 Å². The highest BCUT2D eigenvalue weighted by molar-refractivity contribution is 7.17. The van der Waals surface area contributed by atoms with Gasteiger partial charge in [-0.3, -0.25) is 9.36 Å². The molecule has 2 aromatic heterocycles. The summed E-state index contributed by atoms with van der Waals surface area (Å²) in [6.45, 7) is 7.99. The van der Waals surface area contributed by atoms with E-state index in [2.05, 4.69) is 11.6 Å². The molecule has 2 rings (SSSR count). The minimum absolute atomic E-state index is 0.239. The van der Waals surface area contributed by atoms with Crippen LogP contribution in [0.4, 0.5) is 0 Å². The molecule has 0 spiro atoms. The zero-order valence-electron chi connectivity index (χ0n) is 10.8. The van der Waals surface area contributed by atoms with Crippen LogP contribution in [0.3, 0.4) is 0 Å². The normalized spacial score (nSPS) is 10.6. The van der Waals surface area contributed by atoms with Gasteiger partial charge in [0.15, 0.2) is 0 Å². The molecule has 0 aromatic carbocycles. The van der Waals surface area contributed by atoms with E-state index in [-0.39, 0.29) is 17.7 Å². The molecule has 0 radical (unpaired) electrons. The van der Waals surface area contributed by atoms with Crippen molar-refractivity contribution in [2.45, 2.75) is 20.4 Å². The lowest BCUT2D eigenvalue weighted by molar-refractivity contribution is 0.0529. The second-order valence-corrected chi connectivity index (χ2v) is 5.04. The van der Waals surface area contributed by atoms with Crippen molar-refractivity contribution in [1.82, 2.24) is 9.55 Å². The lowest BCUT2D eigenvalue weighted by Crippen LogP contribution is -2.22. The van der Waals surface area contributed by atoms with Crippen molar-refractivity contribution in [3.8, 4) is 0 Å². The van der Waals surface area contributed by atoms with Gasteiger partial charge in [0.25, 0.3) is 5.56 Å². The largest absolute Gasteiger partial charge is 0.462 e. The Morgan fingerprint density at radius 1 is 1.58 bits per heavy atom. The van der Waals surface area contributed by atoms with Gasteiger partial charge in [-0.1, -0.05) is 12.2 Å². The number of carbonyl (C=O) groups excluding carboxylic acids is 1. The SMILES string of the molecule is C=C(C)Cn1cnc2scc(C(=O)OCC)c2c1=O. The van der Waals surface area contributed by atoms with Crippen LogP contribution in [0.25, 0.3) is 10.2 Å². The van der Waals surface area contributed by atoms with E-state index < -0.39 is 5.97 Å². The van der Waals surface area contributed by atoms with Crippen LogP contribution in [0.1, 0.15) is 24.2 Å². The van der Waals surface area contributed by atoms with Crippen LogP contribution in [0.15, 0.2) is 28.7 Å². The first-order valence-electron chi connectivity index (χ1n) is 5.82. The van der Waals surface area contributed by atoms with Gasteiger partial charge >= 0.3 is 5.97 Å². The van der Waals surface area contributed by atoms with Crippen LogP contribution >= 0.6 is 11.3 Å². The molecule has 2 heterocycles. The van der Waals surface area contributed by atoms with Crippen LogP contribution in [0.5, 0.6) is 0 Å². The molecule has 0 N–H and O–H groups in total. The van der Waals surface area contributed by atoms with Gasteiger partial charge in [0, 0.05) is 11.9 Å². The summed E-state index contributed by atoms with van der Waals surface area (Å²) < 4.78 is 6.39. The highest BCUT2D eigenvalue weighted by Crippen LogP contribution is 2.21. The average molecular weight is 278 g/mol. The fraction of sp³-hybridized carbons (Fsp3) is 0.308. The summed E-state index contributed by atoms with van der Waals surface area (Å²) >= 11 is 1.26. The summed E-state index contributed by atoms with van der Waals surface area (Å²) in [5, 5.41) is 1.94. The predicted molar refractivity (Wildman–Crippen MR) is 74.7 cm³/mol. The second-order valence-electron chi connectivity index (χ2n) is 4.18. The maximum Gasteiger partial charge on any atom is 0.339 e. The van der Waals surface area contributed by atoms with E-state index in [1.165, 1.54) is 22.2 Å². The monoisotopic (exact) mass is 278 g/mol. The third-order valence-electron chi connectivity index (χ3n) is 2.50. The lowest BCUT2D eigenvalue weighted by atomic mass is 10.2. The zero-order chi connectivity index (χ0) is 14.0. The molecule has 0 saturated carbocycles. The molecule has 2 aromatic rings. The van der Waals surface area contributed by atoms with Crippen molar-refractivity contribution in [2.24, 2.45) is 0 Å². The number of thiophene rings is 1. The molecule has 0 aliphatic rings. The Labute approximate surface area is 114 Å². The number of allylic oxidation sites excluding steroid dienone is 1. The van der Waals surface area contributed by atoms with Gasteiger partial charge < -0.3 is 4.74 Å². The first-order valence-corrected chi connectivity index (χ1v) is 6.70. The van der Waals surface area contributed by atoms with Crippen LogP contribution in [0, 0.1) is 0 Å². The standard InChI is InChI=1S/C13H14N2O3S/c1-4-18-13(17)9-6-19-11-10(9)12(16)15(7-14-11)5-8(2)3/h6-7H,2,4-5H2,1,3H3. The Kier molecular flexibility index (Phi) is 3.80. The first-order chi connectivity index (χ1) is 9.04. The van der Waals surface area contributed by atoms with Gasteiger partial charge in [-0.05, 0) is 13.8 Å². The van der Waals surface area contributed by atoms with E-state index in [0.29, 0.717) is 16.8 Å². The molecule has 6 heteroatoms. The topological polar surface area (TPSA) is 61.2 Å². The highest BCUT2D eigenvalue weighted by atomic mass is 32.1. The van der Waals surface area contributed by atoms with Gasteiger partial charge in [0.05, 0.1) is 23.9 Å². The maximum atomic E-state index is 12.3. The van der Waals surface area contributed by atoms with Gasteiger partial charge in [-0.25, -0.2) is 9.78 Å². The number of ether oxygens (including phenoxy) is 1. The Bertz CT molecular complexity index is 699. The van der Waals surface area contributed by atoms with Gasteiger partial charge in [-0.2, -0.15) is 0 Å². The van der Waals surface area contributed by atoms with Crippen molar-refractivity contribution in [3.05, 3.63) is 39.8 Å². The maximum absolute atomic E-state index is 12.3. The van der Waals surface area contributed by atoms with E-state index in [9.17, 15) is 9.59 Å². The van der Waals surface area contributed by atoms with E-state index in [1.807, 2.05) is 6.92 Å². The van der Waals surface area contributed by atoms with Gasteiger partial charge in [0.2, 0.25) is 0 Å². The molecule has 0 fully saturated rings. The number of aromatic nitrogens is 2. The Hall–Kier alpha value is -1.95. The molecule has 0 unspecified atom stereocenters. The number of hydrogen-bond donors (Lipinski definition) is 0. The summed E-state index contributed by atoms with van der Waals surface area (Å²) in [7, 11) is 0. The van der Waals surface area contributed by atoms with Gasteiger partial charge in [-0.15, -0.1) is 11.3 Å². The zero-order valence-corrected chi connectivity index (χ0v) is 11.6. The third-order valence-corrected chi connectivity index (χ3v) is 3.38. The van der Waals surface area contributed by atoms with Crippen molar-refractivity contribution < 1.29 is 9.53 Å². The second kappa shape index (κ2) is 5.36.